The van der Waals surface area contributed by atoms with E-state index in [1.54, 1.807) is 0 Å². The van der Waals surface area contributed by atoms with Gasteiger partial charge in [0, 0.05) is 18.4 Å². The molecule has 0 aliphatic rings. The van der Waals surface area contributed by atoms with E-state index in [2.05, 4.69) is 5.32 Å². The van der Waals surface area contributed by atoms with Crippen molar-refractivity contribution < 1.29 is 18.7 Å². The number of anilines is 1. The first-order valence-corrected chi connectivity index (χ1v) is 6.22. The molecule has 2 N–H and O–H groups in total. The van der Waals surface area contributed by atoms with Crippen molar-refractivity contribution in [2.45, 2.75) is 6.42 Å². The van der Waals surface area contributed by atoms with Crippen LogP contribution in [0.5, 0.6) is 0 Å². The van der Waals surface area contributed by atoms with Crippen LogP contribution >= 0.6 is 11.8 Å². The zero-order valence-corrected chi connectivity index (χ0v) is 9.90. The SMILES string of the molecule is O=C(CSCCCO)Nc1ccc(F)c(F)c1. The van der Waals surface area contributed by atoms with Gasteiger partial charge in [-0.1, -0.05) is 0 Å². The summed E-state index contributed by atoms with van der Waals surface area (Å²) in [5.41, 5.74) is 0.233. The van der Waals surface area contributed by atoms with E-state index in [0.717, 1.165) is 12.1 Å². The monoisotopic (exact) mass is 261 g/mol. The summed E-state index contributed by atoms with van der Waals surface area (Å²) in [6.07, 6.45) is 0.628. The first-order chi connectivity index (χ1) is 8.13. The average Bonchev–Trinajstić information content (AvgIpc) is 2.30. The van der Waals surface area contributed by atoms with E-state index in [9.17, 15) is 13.6 Å². The first kappa shape index (κ1) is 13.9. The molecule has 0 aromatic heterocycles. The minimum Gasteiger partial charge on any atom is -0.396 e. The molecule has 1 aromatic rings. The van der Waals surface area contributed by atoms with Gasteiger partial charge in [0.25, 0.3) is 0 Å². The molecule has 0 bridgehead atoms. The molecular weight excluding hydrogens is 248 g/mol. The lowest BCUT2D eigenvalue weighted by molar-refractivity contribution is -0.113. The highest BCUT2D eigenvalue weighted by Crippen LogP contribution is 2.13. The smallest absolute Gasteiger partial charge is 0.234 e. The molecule has 94 valence electrons. The van der Waals surface area contributed by atoms with Gasteiger partial charge in [0.15, 0.2) is 11.6 Å². The van der Waals surface area contributed by atoms with Gasteiger partial charge >= 0.3 is 0 Å². The number of nitrogens with one attached hydrogen (secondary N) is 1. The van der Waals surface area contributed by atoms with Crippen molar-refractivity contribution >= 4 is 23.4 Å². The van der Waals surface area contributed by atoms with Gasteiger partial charge in [-0.3, -0.25) is 4.79 Å². The first-order valence-electron chi connectivity index (χ1n) is 5.07. The van der Waals surface area contributed by atoms with Crippen LogP contribution in [-0.2, 0) is 4.79 Å². The van der Waals surface area contributed by atoms with Crippen molar-refractivity contribution in [2.75, 3.05) is 23.4 Å². The molecule has 3 nitrogen and oxygen atoms in total. The minimum atomic E-state index is -0.990. The molecular formula is C11H13F2NO2S. The van der Waals surface area contributed by atoms with Crippen LogP contribution in [0.3, 0.4) is 0 Å². The third kappa shape index (κ3) is 5.14. The minimum absolute atomic E-state index is 0.0950. The van der Waals surface area contributed by atoms with Gasteiger partial charge in [-0.05, 0) is 24.3 Å². The second kappa shape index (κ2) is 7.24. The average molecular weight is 261 g/mol. The fourth-order valence-electron chi connectivity index (χ4n) is 1.10. The topological polar surface area (TPSA) is 49.3 Å². The number of carbonyl (C=O) groups excluding carboxylic acids is 1. The van der Waals surface area contributed by atoms with Gasteiger partial charge in [-0.2, -0.15) is 11.8 Å². The summed E-state index contributed by atoms with van der Waals surface area (Å²) >= 11 is 1.37. The summed E-state index contributed by atoms with van der Waals surface area (Å²) < 4.78 is 25.4. The van der Waals surface area contributed by atoms with Crippen molar-refractivity contribution in [1.29, 1.82) is 0 Å². The van der Waals surface area contributed by atoms with Crippen LogP contribution in [0.25, 0.3) is 0 Å². The number of benzene rings is 1. The van der Waals surface area contributed by atoms with E-state index in [1.165, 1.54) is 17.8 Å². The zero-order valence-electron chi connectivity index (χ0n) is 9.08. The molecule has 0 spiro atoms. The molecule has 0 saturated heterocycles. The molecule has 0 aliphatic carbocycles. The van der Waals surface area contributed by atoms with Crippen LogP contribution in [0.2, 0.25) is 0 Å². The quantitative estimate of drug-likeness (QED) is 0.770. The number of aliphatic hydroxyl groups is 1. The van der Waals surface area contributed by atoms with E-state index >= 15 is 0 Å². The van der Waals surface area contributed by atoms with Gasteiger partial charge in [0.2, 0.25) is 5.91 Å². The lowest BCUT2D eigenvalue weighted by atomic mass is 10.3. The summed E-state index contributed by atoms with van der Waals surface area (Å²) in [7, 11) is 0. The molecule has 0 fully saturated rings. The number of halogens is 2. The van der Waals surface area contributed by atoms with Gasteiger partial charge < -0.3 is 10.4 Å². The van der Waals surface area contributed by atoms with E-state index in [4.69, 9.17) is 5.11 Å². The standard InChI is InChI=1S/C11H13F2NO2S/c12-9-3-2-8(6-10(9)13)14-11(16)7-17-5-1-4-15/h2-3,6,15H,1,4-5,7H2,(H,14,16). The summed E-state index contributed by atoms with van der Waals surface area (Å²) in [6, 6.07) is 3.20. The molecule has 0 saturated carbocycles. The Bertz CT molecular complexity index is 388. The Morgan fingerprint density at radius 1 is 1.35 bits per heavy atom. The summed E-state index contributed by atoms with van der Waals surface area (Å²) in [6.45, 7) is 0.0950. The second-order valence-corrected chi connectivity index (χ2v) is 4.41. The molecule has 17 heavy (non-hydrogen) atoms. The van der Waals surface area contributed by atoms with Crippen LogP contribution in [-0.4, -0.2) is 29.1 Å². The maximum absolute atomic E-state index is 12.8. The van der Waals surface area contributed by atoms with Crippen molar-refractivity contribution in [3.8, 4) is 0 Å². The molecule has 0 radical (unpaired) electrons. The summed E-state index contributed by atoms with van der Waals surface area (Å²) in [5.74, 6) is -1.31. The van der Waals surface area contributed by atoms with Crippen molar-refractivity contribution in [3.63, 3.8) is 0 Å². The summed E-state index contributed by atoms with van der Waals surface area (Å²) in [4.78, 5) is 11.4. The van der Waals surface area contributed by atoms with Gasteiger partial charge in [-0.15, -0.1) is 0 Å². The Labute approximate surface area is 102 Å². The number of hydrogen-bond acceptors (Lipinski definition) is 3. The van der Waals surface area contributed by atoms with Crippen LogP contribution in [0.1, 0.15) is 6.42 Å². The fourth-order valence-corrected chi connectivity index (χ4v) is 1.84. The van der Waals surface area contributed by atoms with Gasteiger partial charge in [-0.25, -0.2) is 8.78 Å². The van der Waals surface area contributed by atoms with Gasteiger partial charge in [0.05, 0.1) is 5.75 Å². The van der Waals surface area contributed by atoms with Crippen molar-refractivity contribution in [3.05, 3.63) is 29.8 Å². The van der Waals surface area contributed by atoms with Crippen LogP contribution in [0.4, 0.5) is 14.5 Å². The molecule has 0 heterocycles. The highest BCUT2D eigenvalue weighted by molar-refractivity contribution is 7.99. The molecule has 1 aromatic carbocycles. The predicted molar refractivity (Wildman–Crippen MR) is 64.0 cm³/mol. The highest BCUT2D eigenvalue weighted by atomic mass is 32.2. The maximum Gasteiger partial charge on any atom is 0.234 e. The third-order valence-corrected chi connectivity index (χ3v) is 2.93. The van der Waals surface area contributed by atoms with Crippen LogP contribution < -0.4 is 5.32 Å². The Kier molecular flexibility index (Phi) is 5.93. The number of aliphatic hydroxyl groups excluding tert-OH is 1. The van der Waals surface area contributed by atoms with Crippen molar-refractivity contribution in [2.24, 2.45) is 0 Å². The lowest BCUT2D eigenvalue weighted by Gasteiger charge is -2.05. The van der Waals surface area contributed by atoms with E-state index in [0.29, 0.717) is 12.2 Å². The third-order valence-electron chi connectivity index (χ3n) is 1.88. The van der Waals surface area contributed by atoms with Crippen LogP contribution in [0, 0.1) is 11.6 Å². The van der Waals surface area contributed by atoms with E-state index < -0.39 is 11.6 Å². The Balaban J connectivity index is 2.37. The number of amides is 1. The van der Waals surface area contributed by atoms with Gasteiger partial charge in [0.1, 0.15) is 0 Å². The van der Waals surface area contributed by atoms with E-state index in [1.807, 2.05) is 0 Å². The number of thioether (sulfide) groups is 1. The molecule has 6 heteroatoms. The Morgan fingerprint density at radius 3 is 2.76 bits per heavy atom. The van der Waals surface area contributed by atoms with Crippen LogP contribution in [0.15, 0.2) is 18.2 Å². The Morgan fingerprint density at radius 2 is 2.12 bits per heavy atom. The second-order valence-electron chi connectivity index (χ2n) is 3.31. The molecule has 0 aliphatic heterocycles. The number of rotatable bonds is 6. The number of hydrogen-bond donors (Lipinski definition) is 2. The largest absolute Gasteiger partial charge is 0.396 e. The lowest BCUT2D eigenvalue weighted by Crippen LogP contribution is -2.14. The normalized spacial score (nSPS) is 10.3. The molecule has 1 rings (SSSR count). The highest BCUT2D eigenvalue weighted by Gasteiger charge is 2.06. The van der Waals surface area contributed by atoms with Crippen molar-refractivity contribution in [1.82, 2.24) is 0 Å². The predicted octanol–water partition coefficient (Wildman–Crippen LogP) is 2.02. The Hall–Kier alpha value is -1.14. The van der Waals surface area contributed by atoms with E-state index in [-0.39, 0.29) is 24.0 Å². The molecule has 1 amide bonds. The fraction of sp³-hybridized carbons (Fsp3) is 0.364. The summed E-state index contributed by atoms with van der Waals surface area (Å²) in [5, 5.41) is 11.0. The number of carbonyl (C=O) groups is 1. The molecule has 0 unspecified atom stereocenters. The zero-order chi connectivity index (χ0) is 12.7. The molecule has 0 atom stereocenters. The maximum atomic E-state index is 12.8.